The van der Waals surface area contributed by atoms with Crippen LogP contribution in [0, 0.1) is 0 Å². The SMILES string of the molecule is CCOc1ccc(C(F)(F)F)cc1C(O)C(CCN)NC. The minimum absolute atomic E-state index is 0.111. The minimum atomic E-state index is -4.47. The third-order valence-corrected chi connectivity index (χ3v) is 3.19. The van der Waals surface area contributed by atoms with Crippen molar-refractivity contribution in [3.05, 3.63) is 29.3 Å². The lowest BCUT2D eigenvalue weighted by Gasteiger charge is -2.25. The summed E-state index contributed by atoms with van der Waals surface area (Å²) >= 11 is 0. The highest BCUT2D eigenvalue weighted by Gasteiger charge is 2.33. The van der Waals surface area contributed by atoms with E-state index in [9.17, 15) is 18.3 Å². The van der Waals surface area contributed by atoms with Gasteiger partial charge in [0.2, 0.25) is 0 Å². The molecule has 7 heteroatoms. The van der Waals surface area contributed by atoms with E-state index in [2.05, 4.69) is 5.32 Å². The van der Waals surface area contributed by atoms with Crippen LogP contribution in [0.25, 0.3) is 0 Å². The Kier molecular flexibility index (Phi) is 6.44. The molecule has 4 N–H and O–H groups in total. The fraction of sp³-hybridized carbons (Fsp3) is 0.571. The standard InChI is InChI=1S/C14H21F3N2O2/c1-3-21-12-5-4-9(14(15,16)17)8-10(12)13(20)11(19-2)6-7-18/h4-5,8,11,13,19-20H,3,6-7,18H2,1-2H3. The van der Waals surface area contributed by atoms with Crippen LogP contribution in [-0.4, -0.2) is 31.3 Å². The highest BCUT2D eigenvalue weighted by atomic mass is 19.4. The molecular formula is C14H21F3N2O2. The lowest BCUT2D eigenvalue weighted by molar-refractivity contribution is -0.137. The van der Waals surface area contributed by atoms with Crippen molar-refractivity contribution in [2.75, 3.05) is 20.2 Å². The van der Waals surface area contributed by atoms with Gasteiger partial charge in [0, 0.05) is 11.6 Å². The van der Waals surface area contributed by atoms with Gasteiger partial charge in [0.25, 0.3) is 0 Å². The second-order valence-corrected chi connectivity index (χ2v) is 4.60. The molecule has 4 nitrogen and oxygen atoms in total. The smallest absolute Gasteiger partial charge is 0.416 e. The predicted molar refractivity (Wildman–Crippen MR) is 74.1 cm³/mol. The molecule has 1 aromatic carbocycles. The first-order valence-electron chi connectivity index (χ1n) is 6.74. The number of nitrogens with one attached hydrogen (secondary N) is 1. The van der Waals surface area contributed by atoms with Crippen LogP contribution in [-0.2, 0) is 6.18 Å². The lowest BCUT2D eigenvalue weighted by atomic mass is 9.97. The largest absolute Gasteiger partial charge is 0.493 e. The van der Waals surface area contributed by atoms with Crippen LogP contribution in [0.1, 0.15) is 30.6 Å². The number of likely N-dealkylation sites (N-methyl/N-ethyl adjacent to an activating group) is 1. The van der Waals surface area contributed by atoms with Crippen molar-refractivity contribution in [3.8, 4) is 5.75 Å². The van der Waals surface area contributed by atoms with Gasteiger partial charge in [-0.15, -0.1) is 0 Å². The number of ether oxygens (including phenoxy) is 1. The van der Waals surface area contributed by atoms with Crippen LogP contribution in [0.15, 0.2) is 18.2 Å². The van der Waals surface area contributed by atoms with E-state index < -0.39 is 23.9 Å². The number of hydrogen-bond donors (Lipinski definition) is 3. The molecule has 120 valence electrons. The molecule has 0 bridgehead atoms. The van der Waals surface area contributed by atoms with Gasteiger partial charge in [-0.1, -0.05) is 0 Å². The van der Waals surface area contributed by atoms with Gasteiger partial charge < -0.3 is 20.9 Å². The Morgan fingerprint density at radius 3 is 2.52 bits per heavy atom. The van der Waals surface area contributed by atoms with Gasteiger partial charge in [0.1, 0.15) is 5.75 Å². The first kappa shape index (κ1) is 17.7. The molecule has 2 atom stereocenters. The number of hydrogen-bond acceptors (Lipinski definition) is 4. The Morgan fingerprint density at radius 2 is 2.05 bits per heavy atom. The second-order valence-electron chi connectivity index (χ2n) is 4.60. The van der Waals surface area contributed by atoms with Crippen LogP contribution in [0.4, 0.5) is 13.2 Å². The van der Waals surface area contributed by atoms with Crippen molar-refractivity contribution in [1.82, 2.24) is 5.32 Å². The topological polar surface area (TPSA) is 67.5 Å². The van der Waals surface area contributed by atoms with E-state index in [0.29, 0.717) is 19.6 Å². The average molecular weight is 306 g/mol. The van der Waals surface area contributed by atoms with Crippen LogP contribution < -0.4 is 15.8 Å². The molecule has 0 saturated carbocycles. The lowest BCUT2D eigenvalue weighted by Crippen LogP contribution is -2.34. The summed E-state index contributed by atoms with van der Waals surface area (Å²) in [6.07, 6.45) is -5.18. The fourth-order valence-corrected chi connectivity index (χ4v) is 2.10. The van der Waals surface area contributed by atoms with Crippen molar-refractivity contribution < 1.29 is 23.0 Å². The van der Waals surface area contributed by atoms with E-state index in [-0.39, 0.29) is 11.3 Å². The van der Waals surface area contributed by atoms with Crippen molar-refractivity contribution in [2.24, 2.45) is 5.73 Å². The maximum atomic E-state index is 12.8. The molecular weight excluding hydrogens is 285 g/mol. The van der Waals surface area contributed by atoms with Gasteiger partial charge in [-0.3, -0.25) is 0 Å². The molecule has 0 saturated heterocycles. The Balaban J connectivity index is 3.21. The molecule has 0 fully saturated rings. The summed E-state index contributed by atoms with van der Waals surface area (Å²) < 4.78 is 43.8. The zero-order valence-corrected chi connectivity index (χ0v) is 12.1. The molecule has 0 aromatic heterocycles. The number of alkyl halides is 3. The zero-order valence-electron chi connectivity index (χ0n) is 12.1. The molecule has 0 radical (unpaired) electrons. The summed E-state index contributed by atoms with van der Waals surface area (Å²) in [6.45, 7) is 2.33. The van der Waals surface area contributed by atoms with Gasteiger partial charge in [0.15, 0.2) is 0 Å². The number of nitrogens with two attached hydrogens (primary N) is 1. The Hall–Kier alpha value is -1.31. The molecule has 21 heavy (non-hydrogen) atoms. The van der Waals surface area contributed by atoms with E-state index >= 15 is 0 Å². The van der Waals surface area contributed by atoms with Crippen LogP contribution >= 0.6 is 0 Å². The molecule has 2 unspecified atom stereocenters. The third-order valence-electron chi connectivity index (χ3n) is 3.19. The molecule has 0 aliphatic heterocycles. The van der Waals surface area contributed by atoms with Gasteiger partial charge in [-0.05, 0) is 45.1 Å². The Bertz CT molecular complexity index is 452. The Morgan fingerprint density at radius 1 is 1.38 bits per heavy atom. The zero-order chi connectivity index (χ0) is 16.0. The van der Waals surface area contributed by atoms with Gasteiger partial charge in [-0.25, -0.2) is 0 Å². The van der Waals surface area contributed by atoms with E-state index in [1.807, 2.05) is 0 Å². The fourth-order valence-electron chi connectivity index (χ4n) is 2.10. The highest BCUT2D eigenvalue weighted by Crippen LogP contribution is 2.36. The summed E-state index contributed by atoms with van der Waals surface area (Å²) in [7, 11) is 1.62. The molecule has 0 aliphatic carbocycles. The quantitative estimate of drug-likeness (QED) is 0.721. The summed E-state index contributed by atoms with van der Waals surface area (Å²) in [5, 5.41) is 13.2. The molecule has 0 heterocycles. The van der Waals surface area contributed by atoms with Gasteiger partial charge in [0.05, 0.1) is 18.3 Å². The monoisotopic (exact) mass is 306 g/mol. The molecule has 1 rings (SSSR count). The van der Waals surface area contributed by atoms with E-state index in [1.54, 1.807) is 14.0 Å². The maximum Gasteiger partial charge on any atom is 0.416 e. The summed E-state index contributed by atoms with van der Waals surface area (Å²) in [5.41, 5.74) is 4.75. The van der Waals surface area contributed by atoms with Gasteiger partial charge >= 0.3 is 6.18 Å². The maximum absolute atomic E-state index is 12.8. The number of aliphatic hydroxyl groups excluding tert-OH is 1. The number of rotatable bonds is 7. The van der Waals surface area contributed by atoms with Crippen LogP contribution in [0.2, 0.25) is 0 Å². The molecule has 0 amide bonds. The third kappa shape index (κ3) is 4.59. The highest BCUT2D eigenvalue weighted by molar-refractivity contribution is 5.40. The van der Waals surface area contributed by atoms with E-state index in [4.69, 9.17) is 10.5 Å². The van der Waals surface area contributed by atoms with Crippen LogP contribution in [0.5, 0.6) is 5.75 Å². The molecule has 0 aliphatic rings. The van der Waals surface area contributed by atoms with E-state index in [0.717, 1.165) is 12.1 Å². The normalized spacial score (nSPS) is 14.8. The first-order valence-corrected chi connectivity index (χ1v) is 6.74. The molecule has 0 spiro atoms. The van der Waals surface area contributed by atoms with Crippen molar-refractivity contribution in [2.45, 2.75) is 31.7 Å². The number of aliphatic hydroxyl groups is 1. The van der Waals surface area contributed by atoms with Crippen LogP contribution in [0.3, 0.4) is 0 Å². The molecule has 1 aromatic rings. The van der Waals surface area contributed by atoms with Gasteiger partial charge in [-0.2, -0.15) is 13.2 Å². The van der Waals surface area contributed by atoms with Crippen molar-refractivity contribution in [3.63, 3.8) is 0 Å². The average Bonchev–Trinajstić information content (AvgIpc) is 2.43. The van der Waals surface area contributed by atoms with Crippen molar-refractivity contribution >= 4 is 0 Å². The summed E-state index contributed by atoms with van der Waals surface area (Å²) in [4.78, 5) is 0. The summed E-state index contributed by atoms with van der Waals surface area (Å²) in [6, 6.07) is 2.66. The summed E-state index contributed by atoms with van der Waals surface area (Å²) in [5.74, 6) is 0.246. The van der Waals surface area contributed by atoms with E-state index in [1.165, 1.54) is 6.07 Å². The Labute approximate surface area is 122 Å². The predicted octanol–water partition coefficient (Wildman–Crippen LogP) is 2.07. The number of halogens is 3. The minimum Gasteiger partial charge on any atom is -0.493 e. The second kappa shape index (κ2) is 7.63. The van der Waals surface area contributed by atoms with Crippen molar-refractivity contribution in [1.29, 1.82) is 0 Å². The first-order chi connectivity index (χ1) is 9.85. The number of benzene rings is 1.